The Labute approximate surface area is 193 Å². The molecule has 1 aliphatic rings. The quantitative estimate of drug-likeness (QED) is 0.436. The van der Waals surface area contributed by atoms with E-state index in [9.17, 15) is 22.8 Å². The van der Waals surface area contributed by atoms with E-state index in [4.69, 9.17) is 4.74 Å². The molecule has 1 amide bonds. The lowest BCUT2D eigenvalue weighted by atomic mass is 9.98. The number of nitrogens with one attached hydrogen (secondary N) is 1. The summed E-state index contributed by atoms with van der Waals surface area (Å²) >= 11 is 0. The van der Waals surface area contributed by atoms with E-state index in [1.807, 2.05) is 48.5 Å². The second-order valence-electron chi connectivity index (χ2n) is 7.61. The molecule has 0 radical (unpaired) electrons. The molecule has 3 aromatic carbocycles. The molecule has 0 spiro atoms. The first kappa shape index (κ1) is 23.1. The van der Waals surface area contributed by atoms with Gasteiger partial charge in [0.15, 0.2) is 0 Å². The molecule has 1 N–H and O–H groups in total. The number of alkyl halides is 3. The van der Waals surface area contributed by atoms with Crippen molar-refractivity contribution in [1.82, 2.24) is 5.32 Å². The molecule has 0 aliphatic heterocycles. The van der Waals surface area contributed by atoms with Gasteiger partial charge >= 0.3 is 12.5 Å². The van der Waals surface area contributed by atoms with Crippen LogP contribution in [0.3, 0.4) is 0 Å². The van der Waals surface area contributed by atoms with Gasteiger partial charge in [0.25, 0.3) is 0 Å². The minimum Gasteiger partial charge on any atom is -0.449 e. The number of ether oxygens (including phenoxy) is 2. The van der Waals surface area contributed by atoms with Crippen molar-refractivity contribution in [2.45, 2.75) is 12.3 Å². The van der Waals surface area contributed by atoms with Gasteiger partial charge in [0, 0.05) is 18.0 Å². The van der Waals surface area contributed by atoms with Gasteiger partial charge in [0.2, 0.25) is 0 Å². The normalized spacial score (nSPS) is 12.8. The lowest BCUT2D eigenvalue weighted by molar-refractivity contribution is -0.274. The van der Waals surface area contributed by atoms with Gasteiger partial charge in [-0.05, 0) is 46.0 Å². The maximum Gasteiger partial charge on any atom is 0.573 e. The Hall–Kier alpha value is -4.07. The van der Waals surface area contributed by atoms with Crippen LogP contribution in [0.1, 0.15) is 33.0 Å². The molecule has 0 fully saturated rings. The van der Waals surface area contributed by atoms with Crippen molar-refractivity contribution in [1.29, 1.82) is 0 Å². The maximum atomic E-state index is 12.5. The summed E-state index contributed by atoms with van der Waals surface area (Å²) in [6.07, 6.45) is -2.05. The maximum absolute atomic E-state index is 12.5. The van der Waals surface area contributed by atoms with Crippen LogP contribution in [-0.4, -0.2) is 31.9 Å². The fourth-order valence-electron chi connectivity index (χ4n) is 3.99. The minimum absolute atomic E-state index is 0.0332. The molecule has 1 aliphatic carbocycles. The Kier molecular flexibility index (Phi) is 6.67. The Bertz CT molecular complexity index is 1190. The largest absolute Gasteiger partial charge is 0.573 e. The molecule has 0 aromatic heterocycles. The molecule has 0 unspecified atom stereocenters. The smallest absolute Gasteiger partial charge is 0.449 e. The fraction of sp³-hybridized carbons (Fsp3) is 0.154. The third-order valence-electron chi connectivity index (χ3n) is 5.34. The monoisotopic (exact) mass is 467 g/mol. The van der Waals surface area contributed by atoms with Crippen LogP contribution in [0.5, 0.6) is 5.75 Å². The number of amides is 1. The summed E-state index contributed by atoms with van der Waals surface area (Å²) < 4.78 is 46.7. The van der Waals surface area contributed by atoms with Gasteiger partial charge in [-0.1, -0.05) is 60.7 Å². The van der Waals surface area contributed by atoms with Crippen molar-refractivity contribution in [2.75, 3.05) is 13.2 Å². The lowest BCUT2D eigenvalue weighted by Gasteiger charge is -2.14. The molecule has 0 saturated heterocycles. The first-order chi connectivity index (χ1) is 16.3. The first-order valence-corrected chi connectivity index (χ1v) is 10.5. The second kappa shape index (κ2) is 9.82. The molecule has 3 aromatic rings. The summed E-state index contributed by atoms with van der Waals surface area (Å²) in [5.41, 5.74) is 4.80. The molecule has 0 bridgehead atoms. The SMILES string of the molecule is O=Cc1cc(C=CCNC(=O)OCC2c3ccccc3-c3ccccc32)cc(OC(F)(F)F)c1. The van der Waals surface area contributed by atoms with Crippen molar-refractivity contribution in [3.63, 3.8) is 0 Å². The number of alkyl carbamates (subject to hydrolysis) is 1. The number of fused-ring (bicyclic) bond motifs is 3. The topological polar surface area (TPSA) is 64.6 Å². The zero-order valence-electron chi connectivity index (χ0n) is 17.8. The summed E-state index contributed by atoms with van der Waals surface area (Å²) in [4.78, 5) is 23.2. The second-order valence-corrected chi connectivity index (χ2v) is 7.61. The molecule has 0 saturated carbocycles. The van der Waals surface area contributed by atoms with E-state index in [1.54, 1.807) is 0 Å². The predicted molar refractivity (Wildman–Crippen MR) is 121 cm³/mol. The minimum atomic E-state index is -4.87. The van der Waals surface area contributed by atoms with Crippen molar-refractivity contribution >= 4 is 18.5 Å². The van der Waals surface area contributed by atoms with Gasteiger partial charge in [-0.15, -0.1) is 13.2 Å². The van der Waals surface area contributed by atoms with Gasteiger partial charge in [-0.2, -0.15) is 0 Å². The Morgan fingerprint density at radius 2 is 1.56 bits per heavy atom. The Balaban J connectivity index is 1.33. The predicted octanol–water partition coefficient (Wildman–Crippen LogP) is 5.95. The standard InChI is InChI=1S/C26H20F3NO4/c27-26(28,29)34-19-13-17(12-18(14-19)15-31)6-5-11-30-25(32)33-16-24-22-9-3-1-7-20(22)21-8-2-4-10-23(21)24/h1-10,12-15,24H,11,16H2,(H,30,32). The number of hydrogen-bond donors (Lipinski definition) is 1. The molecule has 5 nitrogen and oxygen atoms in total. The average molecular weight is 467 g/mol. The van der Waals surface area contributed by atoms with Gasteiger partial charge in [-0.3, -0.25) is 4.79 Å². The highest BCUT2D eigenvalue weighted by Gasteiger charge is 2.31. The Morgan fingerprint density at radius 3 is 2.18 bits per heavy atom. The fourth-order valence-corrected chi connectivity index (χ4v) is 3.99. The summed E-state index contributed by atoms with van der Waals surface area (Å²) in [5, 5.41) is 2.58. The van der Waals surface area contributed by atoms with E-state index >= 15 is 0 Å². The molecule has 4 rings (SSSR count). The zero-order chi connectivity index (χ0) is 24.1. The lowest BCUT2D eigenvalue weighted by Crippen LogP contribution is -2.26. The van der Waals surface area contributed by atoms with Crippen LogP contribution in [-0.2, 0) is 4.74 Å². The number of rotatable bonds is 7. The average Bonchev–Trinajstić information content (AvgIpc) is 3.13. The van der Waals surface area contributed by atoms with Crippen LogP contribution in [0.4, 0.5) is 18.0 Å². The van der Waals surface area contributed by atoms with Gasteiger partial charge in [0.1, 0.15) is 18.6 Å². The third kappa shape index (κ3) is 5.46. The van der Waals surface area contributed by atoms with Crippen molar-refractivity contribution in [2.24, 2.45) is 0 Å². The highest BCUT2D eigenvalue weighted by Crippen LogP contribution is 2.44. The molecular formula is C26H20F3NO4. The number of aldehydes is 1. The number of carbonyl (C=O) groups excluding carboxylic acids is 2. The molecular weight excluding hydrogens is 447 g/mol. The van der Waals surface area contributed by atoms with Crippen LogP contribution in [0.2, 0.25) is 0 Å². The summed E-state index contributed by atoms with van der Waals surface area (Å²) in [6, 6.07) is 19.5. The van der Waals surface area contributed by atoms with Crippen LogP contribution in [0.25, 0.3) is 17.2 Å². The van der Waals surface area contributed by atoms with E-state index in [1.165, 1.54) is 18.2 Å². The van der Waals surface area contributed by atoms with E-state index in [0.29, 0.717) is 11.8 Å². The van der Waals surface area contributed by atoms with Crippen LogP contribution < -0.4 is 10.1 Å². The molecule has 34 heavy (non-hydrogen) atoms. The van der Waals surface area contributed by atoms with Crippen molar-refractivity contribution < 1.29 is 32.2 Å². The molecule has 0 atom stereocenters. The summed E-state index contributed by atoms with van der Waals surface area (Å²) in [6.45, 7) is 0.251. The molecule has 174 valence electrons. The van der Waals surface area contributed by atoms with E-state index in [-0.39, 0.29) is 24.6 Å². The third-order valence-corrected chi connectivity index (χ3v) is 5.34. The first-order valence-electron chi connectivity index (χ1n) is 10.5. The summed E-state index contributed by atoms with van der Waals surface area (Å²) in [5.74, 6) is -0.562. The number of carbonyl (C=O) groups is 2. The van der Waals surface area contributed by atoms with E-state index < -0.39 is 18.2 Å². The number of benzene rings is 3. The molecule has 0 heterocycles. The van der Waals surface area contributed by atoms with Gasteiger partial charge in [0.05, 0.1) is 0 Å². The highest BCUT2D eigenvalue weighted by atomic mass is 19.4. The van der Waals surface area contributed by atoms with E-state index in [0.717, 1.165) is 34.4 Å². The zero-order valence-corrected chi connectivity index (χ0v) is 17.8. The number of hydrogen-bond acceptors (Lipinski definition) is 4. The van der Waals surface area contributed by atoms with Crippen LogP contribution >= 0.6 is 0 Å². The Morgan fingerprint density at radius 1 is 0.941 bits per heavy atom. The van der Waals surface area contributed by atoms with Crippen LogP contribution in [0.15, 0.2) is 72.8 Å². The van der Waals surface area contributed by atoms with Gasteiger partial charge < -0.3 is 14.8 Å². The van der Waals surface area contributed by atoms with Crippen molar-refractivity contribution in [3.8, 4) is 16.9 Å². The summed E-state index contributed by atoms with van der Waals surface area (Å²) in [7, 11) is 0. The van der Waals surface area contributed by atoms with Crippen LogP contribution in [0, 0.1) is 0 Å². The number of halogens is 3. The highest BCUT2D eigenvalue weighted by molar-refractivity contribution is 5.79. The van der Waals surface area contributed by atoms with E-state index in [2.05, 4.69) is 10.1 Å². The van der Waals surface area contributed by atoms with Gasteiger partial charge in [-0.25, -0.2) is 4.79 Å². The van der Waals surface area contributed by atoms with Crippen molar-refractivity contribution in [3.05, 3.63) is 95.1 Å². The molecule has 8 heteroatoms.